The molecular formula is C19H14ClN3O3. The summed E-state index contributed by atoms with van der Waals surface area (Å²) in [6.07, 6.45) is 0.296. The van der Waals surface area contributed by atoms with Crippen molar-refractivity contribution >= 4 is 40.8 Å². The Hall–Kier alpha value is -2.86. The summed E-state index contributed by atoms with van der Waals surface area (Å²) < 4.78 is 0. The zero-order valence-electron chi connectivity index (χ0n) is 13.6. The van der Waals surface area contributed by atoms with E-state index in [2.05, 4.69) is 5.32 Å². The number of para-hydroxylation sites is 1. The van der Waals surface area contributed by atoms with Gasteiger partial charge in [0.1, 0.15) is 6.04 Å². The number of fused-ring (bicyclic) bond motifs is 3. The number of anilines is 2. The Labute approximate surface area is 154 Å². The molecule has 7 heteroatoms. The average molecular weight is 368 g/mol. The molecule has 2 aromatic carbocycles. The molecule has 0 radical (unpaired) electrons. The highest BCUT2D eigenvalue weighted by Gasteiger charge is 2.62. The van der Waals surface area contributed by atoms with Gasteiger partial charge in [0.25, 0.3) is 5.91 Å². The molecule has 0 saturated carbocycles. The number of carbonyl (C=O) groups excluding carboxylic acids is 3. The van der Waals surface area contributed by atoms with Crippen LogP contribution in [0.4, 0.5) is 16.2 Å². The van der Waals surface area contributed by atoms with Crippen molar-refractivity contribution in [2.75, 3.05) is 16.8 Å². The second-order valence-corrected chi connectivity index (χ2v) is 7.30. The van der Waals surface area contributed by atoms with Gasteiger partial charge in [0.2, 0.25) is 5.91 Å². The third kappa shape index (κ3) is 1.85. The van der Waals surface area contributed by atoms with Crippen molar-refractivity contribution in [2.45, 2.75) is 17.9 Å². The van der Waals surface area contributed by atoms with Crippen molar-refractivity contribution < 1.29 is 14.4 Å². The first-order valence-electron chi connectivity index (χ1n) is 8.32. The molecule has 26 heavy (non-hydrogen) atoms. The van der Waals surface area contributed by atoms with E-state index in [1.165, 1.54) is 9.80 Å². The van der Waals surface area contributed by atoms with Gasteiger partial charge in [-0.1, -0.05) is 29.8 Å². The minimum atomic E-state index is -0.849. The molecule has 2 saturated heterocycles. The molecule has 3 aliphatic heterocycles. The topological polar surface area (TPSA) is 69.7 Å². The Bertz CT molecular complexity index is 948. The van der Waals surface area contributed by atoms with Crippen molar-refractivity contribution in [3.63, 3.8) is 0 Å². The van der Waals surface area contributed by atoms with E-state index in [0.717, 1.165) is 11.3 Å². The molecule has 5 rings (SSSR count). The summed E-state index contributed by atoms with van der Waals surface area (Å²) in [7, 11) is 0. The molecule has 6 nitrogen and oxygen atoms in total. The fourth-order valence-corrected chi connectivity index (χ4v) is 4.39. The van der Waals surface area contributed by atoms with Crippen LogP contribution in [0.2, 0.25) is 5.02 Å². The number of benzene rings is 2. The van der Waals surface area contributed by atoms with Crippen LogP contribution in [0, 0.1) is 0 Å². The number of amides is 4. The number of nitrogens with zero attached hydrogens (tertiary/aromatic N) is 2. The lowest BCUT2D eigenvalue weighted by atomic mass is 9.79. The highest BCUT2D eigenvalue weighted by atomic mass is 35.5. The van der Waals surface area contributed by atoms with Gasteiger partial charge in [0, 0.05) is 17.3 Å². The zero-order chi connectivity index (χ0) is 18.1. The van der Waals surface area contributed by atoms with Crippen LogP contribution >= 0.6 is 11.6 Å². The average Bonchev–Trinajstić information content (AvgIpc) is 3.23. The van der Waals surface area contributed by atoms with Gasteiger partial charge in [-0.15, -0.1) is 0 Å². The first-order valence-corrected chi connectivity index (χ1v) is 8.70. The van der Waals surface area contributed by atoms with Crippen LogP contribution in [0.1, 0.15) is 12.0 Å². The molecule has 2 fully saturated rings. The van der Waals surface area contributed by atoms with E-state index in [1.807, 2.05) is 24.3 Å². The van der Waals surface area contributed by atoms with E-state index in [4.69, 9.17) is 11.6 Å². The predicted molar refractivity (Wildman–Crippen MR) is 96.2 cm³/mol. The van der Waals surface area contributed by atoms with E-state index >= 15 is 0 Å². The Morgan fingerprint density at radius 2 is 1.77 bits per heavy atom. The highest BCUT2D eigenvalue weighted by molar-refractivity contribution is 6.30. The summed E-state index contributed by atoms with van der Waals surface area (Å²) in [6, 6.07) is 13.0. The standard InChI is InChI=1S/C19H14ClN3O3/c20-11-5-7-12(8-6-11)23-16(24)15-9-19(10-22(15)18(23)26)13-3-1-2-4-14(13)21-17(19)25/h1-8,15H,9-10H2,(H,21,25)/t15-,19+/m0/s1. The number of hydrogen-bond donors (Lipinski definition) is 1. The molecule has 4 amide bonds. The summed E-state index contributed by atoms with van der Waals surface area (Å²) in [5.41, 5.74) is 1.26. The third-order valence-corrected chi connectivity index (χ3v) is 5.76. The molecule has 1 N–H and O–H groups in total. The Morgan fingerprint density at radius 3 is 2.50 bits per heavy atom. The van der Waals surface area contributed by atoms with Crippen molar-refractivity contribution in [1.82, 2.24) is 4.90 Å². The van der Waals surface area contributed by atoms with Gasteiger partial charge >= 0.3 is 6.03 Å². The predicted octanol–water partition coefficient (Wildman–Crippen LogP) is 2.77. The maximum atomic E-state index is 12.9. The lowest BCUT2D eigenvalue weighted by Crippen LogP contribution is -2.42. The monoisotopic (exact) mass is 367 g/mol. The molecule has 3 heterocycles. The molecule has 0 aliphatic carbocycles. The fourth-order valence-electron chi connectivity index (χ4n) is 4.26. The van der Waals surface area contributed by atoms with Gasteiger partial charge in [-0.05, 0) is 42.3 Å². The van der Waals surface area contributed by atoms with Crippen molar-refractivity contribution in [3.05, 3.63) is 59.1 Å². The molecular weight excluding hydrogens is 354 g/mol. The molecule has 130 valence electrons. The number of nitrogens with one attached hydrogen (secondary N) is 1. The van der Waals surface area contributed by atoms with E-state index in [9.17, 15) is 14.4 Å². The quantitative estimate of drug-likeness (QED) is 0.788. The molecule has 2 aromatic rings. The van der Waals surface area contributed by atoms with Crippen molar-refractivity contribution in [3.8, 4) is 0 Å². The van der Waals surface area contributed by atoms with E-state index in [1.54, 1.807) is 24.3 Å². The van der Waals surface area contributed by atoms with Crippen LogP contribution in [0.5, 0.6) is 0 Å². The zero-order valence-corrected chi connectivity index (χ0v) is 14.4. The highest BCUT2D eigenvalue weighted by Crippen LogP contribution is 2.48. The number of hydrogen-bond acceptors (Lipinski definition) is 3. The van der Waals surface area contributed by atoms with E-state index in [0.29, 0.717) is 17.1 Å². The van der Waals surface area contributed by atoms with Crippen LogP contribution in [0.3, 0.4) is 0 Å². The summed E-state index contributed by atoms with van der Waals surface area (Å²) in [5, 5.41) is 3.42. The molecule has 2 atom stereocenters. The molecule has 0 bridgehead atoms. The van der Waals surface area contributed by atoms with Crippen LogP contribution in [0.25, 0.3) is 0 Å². The van der Waals surface area contributed by atoms with Crippen LogP contribution < -0.4 is 10.2 Å². The van der Waals surface area contributed by atoms with Gasteiger partial charge in [-0.2, -0.15) is 0 Å². The summed E-state index contributed by atoms with van der Waals surface area (Å²) in [4.78, 5) is 41.2. The summed E-state index contributed by atoms with van der Waals surface area (Å²) in [5.74, 6) is -0.446. The number of carbonyl (C=O) groups is 3. The second-order valence-electron chi connectivity index (χ2n) is 6.86. The minimum absolute atomic E-state index is 0.147. The Morgan fingerprint density at radius 1 is 1.04 bits per heavy atom. The summed E-state index contributed by atoms with van der Waals surface area (Å²) in [6.45, 7) is 0.204. The van der Waals surface area contributed by atoms with E-state index in [-0.39, 0.29) is 18.4 Å². The van der Waals surface area contributed by atoms with Gasteiger partial charge < -0.3 is 10.2 Å². The van der Waals surface area contributed by atoms with Crippen LogP contribution in [-0.2, 0) is 15.0 Å². The maximum absolute atomic E-state index is 12.9. The minimum Gasteiger partial charge on any atom is -0.325 e. The molecule has 0 unspecified atom stereocenters. The lowest BCUT2D eigenvalue weighted by molar-refractivity contribution is -0.120. The lowest BCUT2D eigenvalue weighted by Gasteiger charge is -2.24. The van der Waals surface area contributed by atoms with Crippen LogP contribution in [-0.4, -0.2) is 35.3 Å². The first-order chi connectivity index (χ1) is 12.5. The largest absolute Gasteiger partial charge is 0.332 e. The Kier molecular flexibility index (Phi) is 3.01. The first kappa shape index (κ1) is 15.4. The summed E-state index contributed by atoms with van der Waals surface area (Å²) >= 11 is 5.89. The molecule has 1 spiro atoms. The van der Waals surface area contributed by atoms with Gasteiger partial charge in [-0.3, -0.25) is 9.59 Å². The fraction of sp³-hybridized carbons (Fsp3) is 0.211. The SMILES string of the molecule is O=C1[C@@H]2C[C@]3(CN2C(=O)N1c1ccc(Cl)cc1)C(=O)Nc1ccccc13. The van der Waals surface area contributed by atoms with Gasteiger partial charge in [-0.25, -0.2) is 9.69 Å². The van der Waals surface area contributed by atoms with Gasteiger partial charge in [0.05, 0.1) is 11.1 Å². The molecule has 3 aliphatic rings. The maximum Gasteiger partial charge on any atom is 0.332 e. The van der Waals surface area contributed by atoms with Crippen molar-refractivity contribution in [1.29, 1.82) is 0 Å². The second kappa shape index (κ2) is 5.08. The van der Waals surface area contributed by atoms with Crippen molar-refractivity contribution in [2.24, 2.45) is 0 Å². The Balaban J connectivity index is 1.52. The van der Waals surface area contributed by atoms with Crippen LogP contribution in [0.15, 0.2) is 48.5 Å². The number of imide groups is 1. The normalized spacial score (nSPS) is 26.5. The number of rotatable bonds is 1. The smallest absolute Gasteiger partial charge is 0.325 e. The third-order valence-electron chi connectivity index (χ3n) is 5.51. The van der Waals surface area contributed by atoms with Gasteiger partial charge in [0.15, 0.2) is 0 Å². The number of halogens is 1. The number of urea groups is 1. The van der Waals surface area contributed by atoms with E-state index < -0.39 is 17.5 Å². The molecule has 0 aromatic heterocycles.